The van der Waals surface area contributed by atoms with Gasteiger partial charge in [-0.2, -0.15) is 0 Å². The molecular weight excluding hydrogens is 504 g/mol. The van der Waals surface area contributed by atoms with Gasteiger partial charge < -0.3 is 0 Å². The van der Waals surface area contributed by atoms with Crippen LogP contribution in [0.25, 0.3) is 0 Å². The fraction of sp³-hybridized carbons (Fsp3) is 0.308. The summed E-state index contributed by atoms with van der Waals surface area (Å²) in [6, 6.07) is 0. The first-order valence-electron chi connectivity index (χ1n) is 5.98. The van der Waals surface area contributed by atoms with Crippen LogP contribution in [0.2, 0.25) is 0 Å². The van der Waals surface area contributed by atoms with E-state index < -0.39 is 0 Å². The fourth-order valence-corrected chi connectivity index (χ4v) is 6.36. The molecule has 0 aromatic rings. The van der Waals surface area contributed by atoms with E-state index in [1.54, 1.807) is 22.7 Å². The number of halogens is 2. The van der Waals surface area contributed by atoms with E-state index in [0.717, 1.165) is 30.7 Å². The summed E-state index contributed by atoms with van der Waals surface area (Å²) >= 11 is 6.15. The van der Waals surface area contributed by atoms with E-state index in [2.05, 4.69) is 55.4 Å². The summed E-state index contributed by atoms with van der Waals surface area (Å²) in [5, 5.41) is 2.13. The molecule has 0 atom stereocenters. The lowest BCUT2D eigenvalue weighted by atomic mass is 10.1. The number of hydrogen-bond acceptors (Lipinski definition) is 3. The van der Waals surface area contributed by atoms with Gasteiger partial charge in [0.15, 0.2) is 5.78 Å². The van der Waals surface area contributed by atoms with Gasteiger partial charge in [-0.3, -0.25) is 9.69 Å². The second kappa shape index (κ2) is 6.17. The smallest absolute Gasteiger partial charge is 0.200 e. The molecule has 0 aromatic carbocycles. The maximum absolute atomic E-state index is 12.2. The number of thioether (sulfide) groups is 1. The molecule has 0 saturated carbocycles. The average Bonchev–Trinajstić information content (AvgIpc) is 3.03. The van der Waals surface area contributed by atoms with Crippen LogP contribution in [0.5, 0.6) is 0 Å². The van der Waals surface area contributed by atoms with Gasteiger partial charge in [0.2, 0.25) is 0 Å². The van der Waals surface area contributed by atoms with E-state index in [-0.39, 0.29) is 5.78 Å². The Kier molecular flexibility index (Phi) is 4.72. The third-order valence-corrected chi connectivity index (χ3v) is 7.02. The Balaban J connectivity index is 1.86. The summed E-state index contributed by atoms with van der Waals surface area (Å²) in [4.78, 5) is 15.8. The van der Waals surface area contributed by atoms with Crippen LogP contribution in [0.15, 0.2) is 29.8 Å². The molecule has 2 nitrogen and oxygen atoms in total. The molecule has 1 saturated heterocycles. The zero-order valence-electron chi connectivity index (χ0n) is 9.99. The molecular formula is C13H11I2NOS2. The van der Waals surface area contributed by atoms with Crippen molar-refractivity contribution in [3.05, 3.63) is 29.8 Å². The molecule has 0 aromatic heterocycles. The van der Waals surface area contributed by atoms with Gasteiger partial charge in [-0.1, -0.05) is 11.8 Å². The third kappa shape index (κ3) is 3.12. The van der Waals surface area contributed by atoms with Gasteiger partial charge in [0.1, 0.15) is 4.32 Å². The fourth-order valence-electron chi connectivity index (χ4n) is 2.15. The molecule has 3 aliphatic rings. The van der Waals surface area contributed by atoms with Crippen molar-refractivity contribution in [1.82, 2.24) is 4.90 Å². The molecule has 2 heterocycles. The van der Waals surface area contributed by atoms with Gasteiger partial charge in [-0.15, -0.1) is 10.9 Å². The predicted octanol–water partition coefficient (Wildman–Crippen LogP) is 3.93. The molecule has 0 bridgehead atoms. The van der Waals surface area contributed by atoms with Crippen LogP contribution in [-0.4, -0.2) is 33.5 Å². The van der Waals surface area contributed by atoms with E-state index in [4.69, 9.17) is 0 Å². The Morgan fingerprint density at radius 2 is 1.89 bits per heavy atom. The first kappa shape index (κ1) is 14.6. The van der Waals surface area contributed by atoms with Crippen LogP contribution < -0.4 is 0 Å². The summed E-state index contributed by atoms with van der Waals surface area (Å²) in [5.74, 6) is 0.156. The second-order valence-corrected chi connectivity index (χ2v) is 8.98. The first-order chi connectivity index (χ1) is 9.15. The topological polar surface area (TPSA) is 20.3 Å². The van der Waals surface area contributed by atoms with Crippen LogP contribution in [-0.2, 0) is 4.79 Å². The highest BCUT2D eigenvalue weighted by molar-refractivity contribution is 14.1. The van der Waals surface area contributed by atoms with Crippen molar-refractivity contribution < 1.29 is 4.79 Å². The van der Waals surface area contributed by atoms with E-state index in [9.17, 15) is 4.79 Å². The Labute approximate surface area is 147 Å². The van der Waals surface area contributed by atoms with Crippen LogP contribution in [0, 0.1) is 0 Å². The molecule has 0 spiro atoms. The quantitative estimate of drug-likeness (QED) is 0.277. The average molecular weight is 515 g/mol. The zero-order valence-corrected chi connectivity index (χ0v) is 15.9. The Hall–Kier alpha value is 0.620. The van der Waals surface area contributed by atoms with Crippen molar-refractivity contribution in [1.29, 1.82) is 0 Å². The largest absolute Gasteiger partial charge is 0.288 e. The SMILES string of the molecule is O=C1C(I)=CC(I)=CC1=C1C=S=C(N2CCCC2)S1. The molecule has 100 valence electrons. The minimum Gasteiger partial charge on any atom is -0.288 e. The van der Waals surface area contributed by atoms with Gasteiger partial charge in [0.25, 0.3) is 0 Å². The molecule has 3 rings (SSSR count). The van der Waals surface area contributed by atoms with Crippen molar-refractivity contribution in [3.63, 3.8) is 0 Å². The van der Waals surface area contributed by atoms with Crippen molar-refractivity contribution >= 4 is 83.4 Å². The number of ketones is 1. The Bertz CT molecular complexity index is 606. The van der Waals surface area contributed by atoms with Crippen LogP contribution in [0.4, 0.5) is 0 Å². The lowest BCUT2D eigenvalue weighted by molar-refractivity contribution is -0.111. The van der Waals surface area contributed by atoms with E-state index in [1.807, 2.05) is 12.2 Å². The maximum Gasteiger partial charge on any atom is 0.200 e. The number of carbonyl (C=O) groups excluding carboxylic acids is 1. The van der Waals surface area contributed by atoms with E-state index >= 15 is 0 Å². The standard InChI is InChI=1S/C13H11I2NOS2/c14-8-5-9(12(17)10(15)6-8)11-7-18-13(19-11)16-3-1-2-4-16/h5-7H,1-4H2. The Morgan fingerprint density at radius 3 is 2.63 bits per heavy atom. The lowest BCUT2D eigenvalue weighted by Gasteiger charge is -2.15. The van der Waals surface area contributed by atoms with Gasteiger partial charge in [0.05, 0.1) is 3.58 Å². The van der Waals surface area contributed by atoms with Crippen LogP contribution in [0.1, 0.15) is 12.8 Å². The molecule has 1 aliphatic carbocycles. The molecule has 1 fully saturated rings. The van der Waals surface area contributed by atoms with Crippen molar-refractivity contribution in [3.8, 4) is 0 Å². The highest BCUT2D eigenvalue weighted by Gasteiger charge is 2.25. The summed E-state index contributed by atoms with van der Waals surface area (Å²) in [6.07, 6.45) is 6.50. The zero-order chi connectivity index (χ0) is 13.4. The molecule has 19 heavy (non-hydrogen) atoms. The number of Topliss-reactive ketones (excluding diaryl/α,β-unsaturated/α-hetero) is 1. The number of rotatable bonds is 0. The van der Waals surface area contributed by atoms with Gasteiger partial charge in [-0.05, 0) is 70.2 Å². The molecule has 0 unspecified atom stereocenters. The molecule has 2 aliphatic heterocycles. The minimum atomic E-state index is 0.156. The molecule has 6 heteroatoms. The van der Waals surface area contributed by atoms with Gasteiger partial charge in [-0.25, -0.2) is 0 Å². The summed E-state index contributed by atoms with van der Waals surface area (Å²) in [5.41, 5.74) is 0.850. The number of allylic oxidation sites excluding steroid dienone is 6. The van der Waals surface area contributed by atoms with E-state index in [1.165, 1.54) is 17.2 Å². The summed E-state index contributed by atoms with van der Waals surface area (Å²) < 4.78 is 3.26. The number of likely N-dealkylation sites (tertiary alicyclic amines) is 1. The predicted molar refractivity (Wildman–Crippen MR) is 103 cm³/mol. The Morgan fingerprint density at radius 1 is 1.16 bits per heavy atom. The molecule has 0 N–H and O–H groups in total. The first-order valence-corrected chi connectivity index (χ1v) is 9.83. The van der Waals surface area contributed by atoms with Gasteiger partial charge >= 0.3 is 0 Å². The molecule has 0 amide bonds. The van der Waals surface area contributed by atoms with Gasteiger partial charge in [0, 0.05) is 32.5 Å². The monoisotopic (exact) mass is 515 g/mol. The highest BCUT2D eigenvalue weighted by Crippen LogP contribution is 2.35. The number of hydrogen-bond donors (Lipinski definition) is 0. The van der Waals surface area contributed by atoms with E-state index in [0.29, 0.717) is 0 Å². The number of nitrogens with zero attached hydrogens (tertiary/aromatic N) is 1. The van der Waals surface area contributed by atoms with Crippen molar-refractivity contribution in [2.75, 3.05) is 13.1 Å². The van der Waals surface area contributed by atoms with Crippen LogP contribution in [0.3, 0.4) is 0 Å². The lowest BCUT2D eigenvalue weighted by Crippen LogP contribution is -2.22. The van der Waals surface area contributed by atoms with Crippen molar-refractivity contribution in [2.45, 2.75) is 12.8 Å². The summed E-state index contributed by atoms with van der Waals surface area (Å²) in [6.45, 7) is 2.31. The highest BCUT2D eigenvalue weighted by atomic mass is 127. The summed E-state index contributed by atoms with van der Waals surface area (Å²) in [7, 11) is 1.76. The maximum atomic E-state index is 12.2. The van der Waals surface area contributed by atoms with Crippen LogP contribution >= 0.6 is 67.9 Å². The minimum absolute atomic E-state index is 0.156. The van der Waals surface area contributed by atoms with Crippen molar-refractivity contribution in [2.24, 2.45) is 0 Å². The second-order valence-electron chi connectivity index (χ2n) is 4.43. The third-order valence-electron chi connectivity index (χ3n) is 3.10. The number of carbonyl (C=O) groups is 1. The normalized spacial score (nSPS) is 28.1. The molecule has 0 radical (unpaired) electrons.